The Morgan fingerprint density at radius 2 is 1.68 bits per heavy atom. The van der Waals surface area contributed by atoms with E-state index in [1.54, 1.807) is 0 Å². The SMILES string of the molecule is CN(CCCOCc1ccccc1)c1ncc(C2CCNCC2OCc2ccc3ccccc3c2)cn1. The van der Waals surface area contributed by atoms with Crippen molar-refractivity contribution >= 4 is 16.7 Å². The molecular weight excluding hydrogens is 460 g/mol. The molecule has 0 spiro atoms. The van der Waals surface area contributed by atoms with E-state index in [2.05, 4.69) is 74.8 Å². The van der Waals surface area contributed by atoms with Crippen molar-refractivity contribution in [3.63, 3.8) is 0 Å². The van der Waals surface area contributed by atoms with Crippen molar-refractivity contribution in [2.75, 3.05) is 38.2 Å². The van der Waals surface area contributed by atoms with Crippen molar-refractivity contribution in [3.05, 3.63) is 102 Å². The molecule has 1 aromatic heterocycles. The number of ether oxygens (including phenoxy) is 2. The summed E-state index contributed by atoms with van der Waals surface area (Å²) in [6.45, 7) is 4.62. The second-order valence-corrected chi connectivity index (χ2v) is 9.76. The van der Waals surface area contributed by atoms with E-state index in [1.807, 2.05) is 37.6 Å². The van der Waals surface area contributed by atoms with Crippen molar-refractivity contribution in [2.45, 2.75) is 38.1 Å². The van der Waals surface area contributed by atoms with Gasteiger partial charge in [0.1, 0.15) is 0 Å². The van der Waals surface area contributed by atoms with Crippen LogP contribution in [0.25, 0.3) is 10.8 Å². The molecule has 0 amide bonds. The van der Waals surface area contributed by atoms with Crippen LogP contribution in [0.1, 0.15) is 35.4 Å². The largest absolute Gasteiger partial charge is 0.377 e. The maximum atomic E-state index is 6.43. The zero-order valence-electron chi connectivity index (χ0n) is 21.6. The second-order valence-electron chi connectivity index (χ2n) is 9.76. The fraction of sp³-hybridized carbons (Fsp3) is 0.355. The summed E-state index contributed by atoms with van der Waals surface area (Å²) in [7, 11) is 2.03. The molecule has 6 heteroatoms. The Bertz CT molecular complexity index is 1250. The molecule has 6 nitrogen and oxygen atoms in total. The van der Waals surface area contributed by atoms with Crippen LogP contribution < -0.4 is 10.2 Å². The van der Waals surface area contributed by atoms with Crippen LogP contribution in [-0.2, 0) is 22.7 Å². The number of nitrogens with zero attached hydrogens (tertiary/aromatic N) is 3. The van der Waals surface area contributed by atoms with Gasteiger partial charge in [-0.3, -0.25) is 0 Å². The first-order valence-electron chi connectivity index (χ1n) is 13.2. The Balaban J connectivity index is 1.12. The zero-order valence-corrected chi connectivity index (χ0v) is 21.6. The minimum atomic E-state index is 0.0918. The average molecular weight is 497 g/mol. The molecule has 0 bridgehead atoms. The predicted octanol–water partition coefficient (Wildman–Crippen LogP) is 5.34. The summed E-state index contributed by atoms with van der Waals surface area (Å²) in [6.07, 6.45) is 5.99. The highest BCUT2D eigenvalue weighted by atomic mass is 16.5. The molecule has 2 heterocycles. The number of piperidine rings is 1. The van der Waals surface area contributed by atoms with Crippen molar-refractivity contribution in [2.24, 2.45) is 0 Å². The Morgan fingerprint density at radius 3 is 2.51 bits per heavy atom. The minimum absolute atomic E-state index is 0.0918. The topological polar surface area (TPSA) is 59.5 Å². The summed E-state index contributed by atoms with van der Waals surface area (Å²) in [5.41, 5.74) is 3.55. The zero-order chi connectivity index (χ0) is 25.3. The van der Waals surface area contributed by atoms with Gasteiger partial charge in [-0.1, -0.05) is 66.7 Å². The highest BCUT2D eigenvalue weighted by Crippen LogP contribution is 2.28. The molecule has 5 rings (SSSR count). The summed E-state index contributed by atoms with van der Waals surface area (Å²) < 4.78 is 12.2. The maximum absolute atomic E-state index is 6.43. The standard InChI is InChI=1S/C31H36N4O2/c1-35(16-7-17-36-22-24-8-3-2-4-9-24)31-33-19-28(20-34-31)29-14-15-32-21-30(29)37-23-25-12-13-26-10-5-6-11-27(26)18-25/h2-6,8-13,18-20,29-30,32H,7,14-17,21-23H2,1H3. The van der Waals surface area contributed by atoms with Crippen LogP contribution in [0.3, 0.4) is 0 Å². The van der Waals surface area contributed by atoms with Gasteiger partial charge in [0.15, 0.2) is 0 Å². The third kappa shape index (κ3) is 6.92. The lowest BCUT2D eigenvalue weighted by Gasteiger charge is -2.32. The molecule has 4 aromatic rings. The Kier molecular flexibility index (Phi) is 8.74. The number of rotatable bonds is 11. The van der Waals surface area contributed by atoms with Gasteiger partial charge in [-0.2, -0.15) is 0 Å². The second kappa shape index (κ2) is 12.8. The number of aromatic nitrogens is 2. The summed E-state index contributed by atoms with van der Waals surface area (Å²) >= 11 is 0. The van der Waals surface area contributed by atoms with Crippen molar-refractivity contribution in [1.82, 2.24) is 15.3 Å². The van der Waals surface area contributed by atoms with Crippen LogP contribution in [0.5, 0.6) is 0 Å². The van der Waals surface area contributed by atoms with E-state index in [0.717, 1.165) is 44.0 Å². The highest BCUT2D eigenvalue weighted by Gasteiger charge is 2.28. The number of hydrogen-bond donors (Lipinski definition) is 1. The third-order valence-electron chi connectivity index (χ3n) is 7.03. The van der Waals surface area contributed by atoms with Crippen LogP contribution in [0.15, 0.2) is 85.2 Å². The molecule has 1 aliphatic rings. The molecule has 1 fully saturated rings. The van der Waals surface area contributed by atoms with E-state index in [1.165, 1.54) is 21.9 Å². The van der Waals surface area contributed by atoms with E-state index in [9.17, 15) is 0 Å². The van der Waals surface area contributed by atoms with Crippen LogP contribution in [0.2, 0.25) is 0 Å². The maximum Gasteiger partial charge on any atom is 0.224 e. The van der Waals surface area contributed by atoms with Gasteiger partial charge in [0.25, 0.3) is 0 Å². The molecule has 0 radical (unpaired) electrons. The first-order valence-corrected chi connectivity index (χ1v) is 13.2. The van der Waals surface area contributed by atoms with Crippen LogP contribution in [0.4, 0.5) is 5.95 Å². The van der Waals surface area contributed by atoms with Crippen molar-refractivity contribution < 1.29 is 9.47 Å². The fourth-order valence-electron chi connectivity index (χ4n) is 4.91. The first-order chi connectivity index (χ1) is 18.3. The molecule has 1 saturated heterocycles. The molecule has 192 valence electrons. The number of hydrogen-bond acceptors (Lipinski definition) is 6. The monoisotopic (exact) mass is 496 g/mol. The predicted molar refractivity (Wildman–Crippen MR) is 149 cm³/mol. The number of benzene rings is 3. The van der Waals surface area contributed by atoms with E-state index in [0.29, 0.717) is 19.8 Å². The molecule has 1 aliphatic heterocycles. The average Bonchev–Trinajstić information content (AvgIpc) is 2.96. The Morgan fingerprint density at radius 1 is 0.892 bits per heavy atom. The molecule has 2 unspecified atom stereocenters. The number of fused-ring (bicyclic) bond motifs is 1. The van der Waals surface area contributed by atoms with Gasteiger partial charge in [0, 0.05) is 45.1 Å². The van der Waals surface area contributed by atoms with Gasteiger partial charge in [-0.25, -0.2) is 9.97 Å². The summed E-state index contributed by atoms with van der Waals surface area (Å²) in [5.74, 6) is 1.03. The Labute approximate surface area is 219 Å². The van der Waals surface area contributed by atoms with Gasteiger partial charge in [-0.15, -0.1) is 0 Å². The molecular formula is C31H36N4O2. The van der Waals surface area contributed by atoms with Crippen molar-refractivity contribution in [1.29, 1.82) is 0 Å². The quantitative estimate of drug-likeness (QED) is 0.283. The molecule has 1 N–H and O–H groups in total. The lowest BCUT2D eigenvalue weighted by atomic mass is 9.89. The minimum Gasteiger partial charge on any atom is -0.377 e. The van der Waals surface area contributed by atoms with Crippen LogP contribution >= 0.6 is 0 Å². The third-order valence-corrected chi connectivity index (χ3v) is 7.03. The highest BCUT2D eigenvalue weighted by molar-refractivity contribution is 5.82. The van der Waals surface area contributed by atoms with Gasteiger partial charge in [0.05, 0.1) is 19.3 Å². The fourth-order valence-corrected chi connectivity index (χ4v) is 4.91. The first kappa shape index (κ1) is 25.3. The normalized spacial score (nSPS) is 17.6. The number of nitrogens with one attached hydrogen (secondary N) is 1. The molecule has 0 saturated carbocycles. The Hall–Kier alpha value is -3.32. The number of anilines is 1. The van der Waals surface area contributed by atoms with Gasteiger partial charge >= 0.3 is 0 Å². The van der Waals surface area contributed by atoms with Crippen molar-refractivity contribution in [3.8, 4) is 0 Å². The lowest BCUT2D eigenvalue weighted by Crippen LogP contribution is -2.41. The molecule has 0 aliphatic carbocycles. The summed E-state index contributed by atoms with van der Waals surface area (Å²) in [5, 5.41) is 5.99. The molecule has 37 heavy (non-hydrogen) atoms. The van der Waals surface area contributed by atoms with E-state index in [4.69, 9.17) is 9.47 Å². The van der Waals surface area contributed by atoms with Gasteiger partial charge < -0.3 is 19.7 Å². The smallest absolute Gasteiger partial charge is 0.224 e. The molecule has 2 atom stereocenters. The van der Waals surface area contributed by atoms with Crippen LogP contribution in [-0.4, -0.2) is 49.4 Å². The van der Waals surface area contributed by atoms with Gasteiger partial charge in [0.2, 0.25) is 5.95 Å². The van der Waals surface area contributed by atoms with Crippen LogP contribution in [0, 0.1) is 0 Å². The van der Waals surface area contributed by atoms with Gasteiger partial charge in [-0.05, 0) is 52.9 Å². The lowest BCUT2D eigenvalue weighted by molar-refractivity contribution is 0.0105. The summed E-state index contributed by atoms with van der Waals surface area (Å²) in [4.78, 5) is 11.5. The molecule has 3 aromatic carbocycles. The van der Waals surface area contributed by atoms with E-state index < -0.39 is 0 Å². The van der Waals surface area contributed by atoms with E-state index >= 15 is 0 Å². The summed E-state index contributed by atoms with van der Waals surface area (Å²) in [6, 6.07) is 25.3. The van der Waals surface area contributed by atoms with E-state index in [-0.39, 0.29) is 12.0 Å².